The lowest BCUT2D eigenvalue weighted by Crippen LogP contribution is -2.27. The third-order valence-electron chi connectivity index (χ3n) is 8.42. The van der Waals surface area contributed by atoms with Crippen LogP contribution in [0.2, 0.25) is 0 Å². The fraction of sp³-hybridized carbons (Fsp3) is 0.732. The predicted molar refractivity (Wildman–Crippen MR) is 209 cm³/mol. The van der Waals surface area contributed by atoms with Gasteiger partial charge in [0.15, 0.2) is 6.10 Å². The average molecular weight is 738 g/mol. The van der Waals surface area contributed by atoms with E-state index in [1.54, 1.807) is 6.26 Å². The van der Waals surface area contributed by atoms with Crippen LogP contribution in [-0.2, 0) is 32.6 Å². The van der Waals surface area contributed by atoms with Crippen LogP contribution in [0.5, 0.6) is 0 Å². The van der Waals surface area contributed by atoms with Gasteiger partial charge in [-0.15, -0.1) is 0 Å². The monoisotopic (exact) mass is 737 g/mol. The van der Waals surface area contributed by atoms with Gasteiger partial charge in [0.25, 0.3) is 0 Å². The molecule has 1 rings (SSSR count). The summed E-state index contributed by atoms with van der Waals surface area (Å²) in [6.07, 6.45) is 43.7. The van der Waals surface area contributed by atoms with Gasteiger partial charge in [0.2, 0.25) is 0 Å². The first-order chi connectivity index (χ1) is 24.9. The molecule has 0 aromatic heterocycles. The van der Waals surface area contributed by atoms with Crippen LogP contribution in [-0.4, -0.2) is 55.5 Å². The highest BCUT2D eigenvalue weighted by Crippen LogP contribution is 2.43. The largest absolute Gasteiger partial charge is 0.498 e. The van der Waals surface area contributed by atoms with Gasteiger partial charge in [0.05, 0.1) is 31.7 Å². The van der Waals surface area contributed by atoms with Crippen LogP contribution < -0.4 is 5.73 Å². The summed E-state index contributed by atoms with van der Waals surface area (Å²) >= 11 is 0. The van der Waals surface area contributed by atoms with Crippen molar-refractivity contribution in [2.75, 3.05) is 26.4 Å². The average Bonchev–Trinajstić information content (AvgIpc) is 3.87. The quantitative estimate of drug-likeness (QED) is 0.0161. The summed E-state index contributed by atoms with van der Waals surface area (Å²) in [5, 5.41) is 0. The zero-order valence-electron chi connectivity index (χ0n) is 32.0. The van der Waals surface area contributed by atoms with E-state index in [9.17, 15) is 14.3 Å². The van der Waals surface area contributed by atoms with E-state index in [1.807, 2.05) is 6.08 Å². The van der Waals surface area contributed by atoms with Crippen molar-refractivity contribution >= 4 is 13.8 Å². The van der Waals surface area contributed by atoms with Gasteiger partial charge >= 0.3 is 13.8 Å². The second-order valence-corrected chi connectivity index (χ2v) is 14.7. The van der Waals surface area contributed by atoms with Gasteiger partial charge in [-0.05, 0) is 63.9 Å². The molecule has 1 heterocycles. The summed E-state index contributed by atoms with van der Waals surface area (Å²) in [5.41, 5.74) is 5.35. The highest BCUT2D eigenvalue weighted by Gasteiger charge is 2.35. The third-order valence-corrected chi connectivity index (χ3v) is 9.40. The second kappa shape index (κ2) is 33.8. The molecule has 0 saturated carbocycles. The Hall–Kier alpha value is -2.00. The van der Waals surface area contributed by atoms with E-state index < -0.39 is 19.9 Å². The minimum Gasteiger partial charge on any atom is -0.498 e. The summed E-state index contributed by atoms with van der Waals surface area (Å²) < 4.78 is 38.7. The zero-order chi connectivity index (χ0) is 37.1. The topological polar surface area (TPSA) is 130 Å². The Morgan fingerprint density at radius 2 is 1.29 bits per heavy atom. The number of phosphoric acid groups is 1. The summed E-state index contributed by atoms with van der Waals surface area (Å²) in [4.78, 5) is 22.4. The molecule has 0 aromatic rings. The second-order valence-electron chi connectivity index (χ2n) is 13.2. The first-order valence-corrected chi connectivity index (χ1v) is 21.4. The van der Waals surface area contributed by atoms with Crippen LogP contribution >= 0.6 is 7.82 Å². The molecule has 10 heteroatoms. The number of ether oxygens (including phenoxy) is 3. The van der Waals surface area contributed by atoms with Crippen molar-refractivity contribution < 1.29 is 37.5 Å². The molecule has 0 aromatic carbocycles. The number of esters is 1. The van der Waals surface area contributed by atoms with Crippen molar-refractivity contribution in [3.8, 4) is 0 Å². The standard InChI is InChI=1S/C41H72NO8P/c1-3-5-7-8-9-10-11-12-13-16-19-22-25-29-34-46-36-38(37-48-51(44,45)47-35-33-42)49-41(43)32-28-24-21-18-15-14-17-20-23-27-31-40-39(50-40)30-26-6-4-2/h6,14,17-18,21,23,26-27,29,34,38-40H,3-5,7-13,15-16,19-20,22,24-25,28,30-33,35-37,42H2,1-2H3,(H,44,45). The van der Waals surface area contributed by atoms with E-state index in [-0.39, 0.29) is 32.8 Å². The minimum absolute atomic E-state index is 0.00449. The van der Waals surface area contributed by atoms with Crippen LogP contribution in [0.25, 0.3) is 0 Å². The molecule has 4 unspecified atom stereocenters. The van der Waals surface area contributed by atoms with E-state index in [0.29, 0.717) is 18.6 Å². The highest BCUT2D eigenvalue weighted by atomic mass is 31.2. The molecule has 3 N–H and O–H groups in total. The Labute approximate surface area is 310 Å². The third kappa shape index (κ3) is 31.3. The number of phosphoric ester groups is 1. The van der Waals surface area contributed by atoms with E-state index in [0.717, 1.165) is 51.4 Å². The number of hydrogen-bond acceptors (Lipinski definition) is 8. The molecule has 1 aliphatic heterocycles. The van der Waals surface area contributed by atoms with Crippen molar-refractivity contribution in [2.45, 2.75) is 167 Å². The molecular formula is C41H72NO8P. The summed E-state index contributed by atoms with van der Waals surface area (Å²) in [5.74, 6) is -0.413. The van der Waals surface area contributed by atoms with Gasteiger partial charge in [0, 0.05) is 13.0 Å². The number of carbonyl (C=O) groups is 1. The molecule has 1 saturated heterocycles. The minimum atomic E-state index is -4.31. The van der Waals surface area contributed by atoms with Gasteiger partial charge in [-0.25, -0.2) is 4.57 Å². The lowest BCUT2D eigenvalue weighted by atomic mass is 10.0. The van der Waals surface area contributed by atoms with Crippen molar-refractivity contribution in [2.24, 2.45) is 5.73 Å². The Bertz CT molecular complexity index is 1030. The van der Waals surface area contributed by atoms with Crippen molar-refractivity contribution in [3.05, 3.63) is 60.9 Å². The molecular weight excluding hydrogens is 665 g/mol. The Morgan fingerprint density at radius 1 is 0.725 bits per heavy atom. The smallest absolute Gasteiger partial charge is 0.472 e. The molecule has 1 aliphatic rings. The van der Waals surface area contributed by atoms with Gasteiger partial charge in [0.1, 0.15) is 6.61 Å². The van der Waals surface area contributed by atoms with Crippen molar-refractivity contribution in [1.29, 1.82) is 0 Å². The predicted octanol–water partition coefficient (Wildman–Crippen LogP) is 10.7. The van der Waals surface area contributed by atoms with E-state index in [2.05, 4.69) is 62.5 Å². The van der Waals surface area contributed by atoms with E-state index in [4.69, 9.17) is 29.0 Å². The van der Waals surface area contributed by atoms with Crippen LogP contribution in [0, 0.1) is 0 Å². The number of hydrogen-bond donors (Lipinski definition) is 2. The summed E-state index contributed by atoms with van der Waals surface area (Å²) in [6, 6.07) is 0. The maximum atomic E-state index is 12.5. The number of allylic oxidation sites excluding steroid dienone is 7. The normalized spacial score (nSPS) is 18.1. The molecule has 4 atom stereocenters. The fourth-order valence-corrected chi connectivity index (χ4v) is 6.16. The van der Waals surface area contributed by atoms with Crippen LogP contribution in [0.15, 0.2) is 60.9 Å². The SMILES string of the molecule is CCC=CCC1OC1CC=CCC=CCC=CCCCC(=O)OC(COC=CCCCCCCCCCCCCCC)COP(=O)(O)OCCN. The van der Waals surface area contributed by atoms with Gasteiger partial charge in [-0.1, -0.05) is 133 Å². The number of unbranched alkanes of at least 4 members (excludes halogenated alkanes) is 13. The maximum absolute atomic E-state index is 12.5. The highest BCUT2D eigenvalue weighted by molar-refractivity contribution is 7.47. The zero-order valence-corrected chi connectivity index (χ0v) is 32.9. The summed E-state index contributed by atoms with van der Waals surface area (Å²) in [7, 11) is -4.31. The molecule has 0 aliphatic carbocycles. The Morgan fingerprint density at radius 3 is 1.92 bits per heavy atom. The molecule has 9 nitrogen and oxygen atoms in total. The van der Waals surface area contributed by atoms with Gasteiger partial charge < -0.3 is 24.8 Å². The molecule has 0 bridgehead atoms. The van der Waals surface area contributed by atoms with Crippen LogP contribution in [0.3, 0.4) is 0 Å². The van der Waals surface area contributed by atoms with Gasteiger partial charge in [-0.3, -0.25) is 13.8 Å². The lowest BCUT2D eigenvalue weighted by Gasteiger charge is -2.19. The van der Waals surface area contributed by atoms with Crippen LogP contribution in [0.4, 0.5) is 0 Å². The molecule has 294 valence electrons. The van der Waals surface area contributed by atoms with Crippen molar-refractivity contribution in [3.63, 3.8) is 0 Å². The molecule has 0 spiro atoms. The first-order valence-electron chi connectivity index (χ1n) is 19.9. The fourth-order valence-electron chi connectivity index (χ4n) is 5.39. The van der Waals surface area contributed by atoms with Crippen molar-refractivity contribution in [1.82, 2.24) is 0 Å². The molecule has 1 fully saturated rings. The maximum Gasteiger partial charge on any atom is 0.472 e. The molecule has 0 amide bonds. The molecule has 51 heavy (non-hydrogen) atoms. The number of nitrogens with two attached hydrogens (primary N) is 1. The van der Waals surface area contributed by atoms with Crippen LogP contribution in [0.1, 0.15) is 149 Å². The molecule has 0 radical (unpaired) electrons. The first kappa shape index (κ1) is 47.0. The lowest BCUT2D eigenvalue weighted by molar-refractivity contribution is -0.153. The summed E-state index contributed by atoms with van der Waals surface area (Å²) in [6.45, 7) is 4.03. The number of rotatable bonds is 36. The Balaban J connectivity index is 2.22. The number of epoxide rings is 1. The van der Waals surface area contributed by atoms with E-state index >= 15 is 0 Å². The van der Waals surface area contributed by atoms with Gasteiger partial charge in [-0.2, -0.15) is 0 Å². The number of carbonyl (C=O) groups excluding carboxylic acids is 1. The Kier molecular flexibility index (Phi) is 31.2. The van der Waals surface area contributed by atoms with E-state index in [1.165, 1.54) is 70.6 Å².